The molecule has 1 rings (SSSR count). The van der Waals surface area contributed by atoms with Gasteiger partial charge in [0.25, 0.3) is 0 Å². The summed E-state index contributed by atoms with van der Waals surface area (Å²) in [5, 5.41) is 11.4. The molecule has 1 aliphatic rings. The van der Waals surface area contributed by atoms with Crippen LogP contribution < -0.4 is 5.32 Å². The Morgan fingerprint density at radius 3 is 2.33 bits per heavy atom. The molecule has 0 radical (unpaired) electrons. The van der Waals surface area contributed by atoms with Gasteiger partial charge in [-0.2, -0.15) is 0 Å². The number of amides is 1. The van der Waals surface area contributed by atoms with E-state index >= 15 is 0 Å². The summed E-state index contributed by atoms with van der Waals surface area (Å²) in [5.41, 5.74) is 0. The molecule has 0 atom stereocenters. The molecule has 2 N–H and O–H groups in total. The lowest BCUT2D eigenvalue weighted by Gasteiger charge is -2.11. The highest BCUT2D eigenvalue weighted by molar-refractivity contribution is 5.76. The number of carbonyl (C=O) groups excluding carboxylic acids is 1. The van der Waals surface area contributed by atoms with Gasteiger partial charge < -0.3 is 10.4 Å². The molecular weight excluding hydrogens is 194 g/mol. The summed E-state index contributed by atoms with van der Waals surface area (Å²) < 4.78 is 0. The Morgan fingerprint density at radius 1 is 1.13 bits per heavy atom. The van der Waals surface area contributed by atoms with E-state index in [0.717, 1.165) is 12.8 Å². The van der Waals surface area contributed by atoms with Crippen LogP contribution in [0.1, 0.15) is 51.4 Å². The van der Waals surface area contributed by atoms with Crippen LogP contribution in [0.5, 0.6) is 0 Å². The van der Waals surface area contributed by atoms with E-state index in [1.54, 1.807) is 0 Å². The maximum absolute atomic E-state index is 11.4. The van der Waals surface area contributed by atoms with Crippen molar-refractivity contribution in [3.63, 3.8) is 0 Å². The topological polar surface area (TPSA) is 66.4 Å². The number of hydrogen-bond acceptors (Lipinski definition) is 2. The van der Waals surface area contributed by atoms with E-state index in [0.29, 0.717) is 25.3 Å². The van der Waals surface area contributed by atoms with Crippen LogP contribution in [0.3, 0.4) is 0 Å². The Bertz CT molecular complexity index is 222. The van der Waals surface area contributed by atoms with E-state index in [4.69, 9.17) is 5.11 Å². The highest BCUT2D eigenvalue weighted by atomic mass is 16.4. The summed E-state index contributed by atoms with van der Waals surface area (Å²) in [7, 11) is 0. The van der Waals surface area contributed by atoms with Crippen LogP contribution in [0.4, 0.5) is 0 Å². The van der Waals surface area contributed by atoms with Crippen molar-refractivity contribution in [1.82, 2.24) is 5.32 Å². The van der Waals surface area contributed by atoms with Gasteiger partial charge in [-0.05, 0) is 25.7 Å². The number of carboxylic acid groups (broad SMARTS) is 1. The van der Waals surface area contributed by atoms with Crippen molar-refractivity contribution in [3.05, 3.63) is 0 Å². The lowest BCUT2D eigenvalue weighted by molar-refractivity contribution is -0.137. The van der Waals surface area contributed by atoms with Gasteiger partial charge in [-0.15, -0.1) is 0 Å². The van der Waals surface area contributed by atoms with E-state index in [9.17, 15) is 9.59 Å². The summed E-state index contributed by atoms with van der Waals surface area (Å²) in [6, 6.07) is 0.372. The molecule has 4 nitrogen and oxygen atoms in total. The monoisotopic (exact) mass is 213 g/mol. The number of nitrogens with one attached hydrogen (secondary N) is 1. The van der Waals surface area contributed by atoms with Gasteiger partial charge in [0.15, 0.2) is 0 Å². The Morgan fingerprint density at radius 2 is 1.73 bits per heavy atom. The molecule has 86 valence electrons. The second kappa shape index (κ2) is 6.43. The molecule has 0 aliphatic heterocycles. The first-order valence-corrected chi connectivity index (χ1v) is 5.69. The van der Waals surface area contributed by atoms with Crippen molar-refractivity contribution < 1.29 is 14.7 Å². The first-order chi connectivity index (χ1) is 7.18. The van der Waals surface area contributed by atoms with Gasteiger partial charge in [-0.1, -0.05) is 12.8 Å². The van der Waals surface area contributed by atoms with Gasteiger partial charge >= 0.3 is 5.97 Å². The molecule has 1 aliphatic carbocycles. The maximum Gasteiger partial charge on any atom is 0.303 e. The fraction of sp³-hybridized carbons (Fsp3) is 0.818. The largest absolute Gasteiger partial charge is 0.481 e. The van der Waals surface area contributed by atoms with Crippen molar-refractivity contribution in [1.29, 1.82) is 0 Å². The number of rotatable bonds is 6. The fourth-order valence-electron chi connectivity index (χ4n) is 1.93. The molecule has 1 amide bonds. The Balaban J connectivity index is 2.00. The highest BCUT2D eigenvalue weighted by Gasteiger charge is 2.16. The van der Waals surface area contributed by atoms with Crippen LogP contribution in [-0.4, -0.2) is 23.0 Å². The molecule has 1 fully saturated rings. The molecule has 4 heteroatoms. The highest BCUT2D eigenvalue weighted by Crippen LogP contribution is 2.17. The normalized spacial score (nSPS) is 16.5. The Hall–Kier alpha value is -1.06. The van der Waals surface area contributed by atoms with Crippen molar-refractivity contribution >= 4 is 11.9 Å². The smallest absolute Gasteiger partial charge is 0.303 e. The lowest BCUT2D eigenvalue weighted by Crippen LogP contribution is -2.32. The lowest BCUT2D eigenvalue weighted by atomic mass is 10.1. The zero-order chi connectivity index (χ0) is 11.1. The van der Waals surface area contributed by atoms with E-state index in [-0.39, 0.29) is 12.3 Å². The standard InChI is InChI=1S/C11H19NO3/c13-10(7-3-4-8-11(14)15)12-9-5-1-2-6-9/h9H,1-8H2,(H,12,13)(H,14,15). The number of hydrogen-bond donors (Lipinski definition) is 2. The van der Waals surface area contributed by atoms with Gasteiger partial charge in [0, 0.05) is 18.9 Å². The number of carbonyl (C=O) groups is 2. The second-order valence-electron chi connectivity index (χ2n) is 4.15. The molecule has 0 spiro atoms. The molecule has 0 bridgehead atoms. The van der Waals surface area contributed by atoms with Crippen molar-refractivity contribution in [3.8, 4) is 0 Å². The third-order valence-electron chi connectivity index (χ3n) is 2.76. The van der Waals surface area contributed by atoms with E-state index in [1.807, 2.05) is 0 Å². The average molecular weight is 213 g/mol. The molecule has 0 aromatic rings. The van der Waals surface area contributed by atoms with Crippen LogP contribution in [0.15, 0.2) is 0 Å². The summed E-state index contributed by atoms with van der Waals surface area (Å²) >= 11 is 0. The maximum atomic E-state index is 11.4. The molecule has 1 saturated carbocycles. The molecule has 0 unspecified atom stereocenters. The SMILES string of the molecule is O=C(O)CCCCC(=O)NC1CCCC1. The number of carboxylic acids is 1. The molecule has 0 aromatic carbocycles. The van der Waals surface area contributed by atoms with Crippen LogP contribution in [-0.2, 0) is 9.59 Å². The van der Waals surface area contributed by atoms with E-state index in [2.05, 4.69) is 5.32 Å². The molecule has 15 heavy (non-hydrogen) atoms. The van der Waals surface area contributed by atoms with Gasteiger partial charge in [0.2, 0.25) is 5.91 Å². The van der Waals surface area contributed by atoms with Crippen LogP contribution >= 0.6 is 0 Å². The quantitative estimate of drug-likeness (QED) is 0.660. The number of aliphatic carboxylic acids is 1. The van der Waals surface area contributed by atoms with E-state index in [1.165, 1.54) is 12.8 Å². The van der Waals surface area contributed by atoms with Crippen molar-refractivity contribution in [2.24, 2.45) is 0 Å². The van der Waals surface area contributed by atoms with Crippen LogP contribution in [0.2, 0.25) is 0 Å². The van der Waals surface area contributed by atoms with Gasteiger partial charge in [0.1, 0.15) is 0 Å². The summed E-state index contributed by atoms with van der Waals surface area (Å²) in [6.45, 7) is 0. The third-order valence-corrected chi connectivity index (χ3v) is 2.76. The number of unbranched alkanes of at least 4 members (excludes halogenated alkanes) is 1. The first-order valence-electron chi connectivity index (χ1n) is 5.69. The van der Waals surface area contributed by atoms with Crippen LogP contribution in [0.25, 0.3) is 0 Å². The molecular formula is C11H19NO3. The zero-order valence-electron chi connectivity index (χ0n) is 9.00. The molecule has 0 saturated heterocycles. The summed E-state index contributed by atoms with van der Waals surface area (Å²) in [6.07, 6.45) is 6.51. The van der Waals surface area contributed by atoms with Crippen molar-refractivity contribution in [2.75, 3.05) is 0 Å². The summed E-state index contributed by atoms with van der Waals surface area (Å²) in [5.74, 6) is -0.710. The predicted molar refractivity (Wildman–Crippen MR) is 56.5 cm³/mol. The van der Waals surface area contributed by atoms with Crippen LogP contribution in [0, 0.1) is 0 Å². The third kappa shape index (κ3) is 5.40. The Labute approximate surface area is 90.0 Å². The molecule has 0 aromatic heterocycles. The van der Waals surface area contributed by atoms with E-state index < -0.39 is 5.97 Å². The minimum absolute atomic E-state index is 0.0762. The average Bonchev–Trinajstić information content (AvgIpc) is 2.64. The minimum atomic E-state index is -0.786. The predicted octanol–water partition coefficient (Wildman–Crippen LogP) is 1.69. The van der Waals surface area contributed by atoms with Gasteiger partial charge in [-0.3, -0.25) is 9.59 Å². The zero-order valence-corrected chi connectivity index (χ0v) is 9.00. The first kappa shape index (κ1) is 12.0. The summed E-state index contributed by atoms with van der Waals surface area (Å²) in [4.78, 5) is 21.6. The van der Waals surface area contributed by atoms with Gasteiger partial charge in [-0.25, -0.2) is 0 Å². The minimum Gasteiger partial charge on any atom is -0.481 e. The fourth-order valence-corrected chi connectivity index (χ4v) is 1.93. The Kier molecular flexibility index (Phi) is 5.15. The second-order valence-corrected chi connectivity index (χ2v) is 4.15. The van der Waals surface area contributed by atoms with Gasteiger partial charge in [0.05, 0.1) is 0 Å². The molecule has 0 heterocycles. The van der Waals surface area contributed by atoms with Crippen molar-refractivity contribution in [2.45, 2.75) is 57.4 Å².